The molecular weight excluding hydrogens is 242 g/mol. The number of rotatable bonds is 2. The number of ether oxygens (including phenoxy) is 1. The van der Waals surface area contributed by atoms with Crippen molar-refractivity contribution in [3.05, 3.63) is 17.8 Å². The first-order valence-corrected chi connectivity index (χ1v) is 6.52. The minimum atomic E-state index is -0.391. The highest BCUT2D eigenvalue weighted by atomic mass is 16.5. The third-order valence-corrected chi connectivity index (χ3v) is 3.49. The van der Waals surface area contributed by atoms with E-state index in [0.29, 0.717) is 17.1 Å². The van der Waals surface area contributed by atoms with Crippen LogP contribution in [0.1, 0.15) is 37.0 Å². The van der Waals surface area contributed by atoms with Crippen molar-refractivity contribution >= 4 is 17.5 Å². The molecule has 0 saturated carbocycles. The maximum absolute atomic E-state index is 11.8. The molecule has 1 fully saturated rings. The van der Waals surface area contributed by atoms with Crippen molar-refractivity contribution in [2.24, 2.45) is 5.41 Å². The molecule has 0 unspecified atom stereocenters. The summed E-state index contributed by atoms with van der Waals surface area (Å²) in [5.74, 6) is 0.284. The number of aromatic nitrogens is 1. The zero-order chi connectivity index (χ0) is 14.0. The van der Waals surface area contributed by atoms with Gasteiger partial charge in [-0.15, -0.1) is 0 Å². The first-order chi connectivity index (χ1) is 8.93. The summed E-state index contributed by atoms with van der Waals surface area (Å²) >= 11 is 0. The second-order valence-electron chi connectivity index (χ2n) is 5.82. The van der Waals surface area contributed by atoms with E-state index in [1.807, 2.05) is 0 Å². The lowest BCUT2D eigenvalue weighted by molar-refractivity contribution is 0.0600. The van der Waals surface area contributed by atoms with E-state index in [-0.39, 0.29) is 5.41 Å². The van der Waals surface area contributed by atoms with Gasteiger partial charge in [-0.2, -0.15) is 0 Å². The second kappa shape index (κ2) is 5.07. The number of nitrogens with zero attached hydrogens (tertiary/aromatic N) is 2. The van der Waals surface area contributed by atoms with Crippen LogP contribution >= 0.6 is 0 Å². The Labute approximate surface area is 113 Å². The van der Waals surface area contributed by atoms with Crippen molar-refractivity contribution in [1.82, 2.24) is 4.98 Å². The van der Waals surface area contributed by atoms with Crippen molar-refractivity contribution in [2.45, 2.75) is 26.7 Å². The molecule has 0 spiro atoms. The summed E-state index contributed by atoms with van der Waals surface area (Å²) in [6, 6.07) is 1.63. The Kier molecular flexibility index (Phi) is 3.64. The summed E-state index contributed by atoms with van der Waals surface area (Å²) in [7, 11) is 1.37. The van der Waals surface area contributed by atoms with E-state index in [9.17, 15) is 4.79 Å². The minimum Gasteiger partial charge on any atom is -0.465 e. The Hall–Kier alpha value is -1.78. The number of hydrogen-bond acceptors (Lipinski definition) is 5. The number of anilines is 2. The molecule has 5 nitrogen and oxygen atoms in total. The van der Waals surface area contributed by atoms with Crippen LogP contribution in [-0.2, 0) is 4.74 Å². The van der Waals surface area contributed by atoms with Gasteiger partial charge in [-0.3, -0.25) is 0 Å². The van der Waals surface area contributed by atoms with Gasteiger partial charge >= 0.3 is 5.97 Å². The quantitative estimate of drug-likeness (QED) is 0.827. The lowest BCUT2D eigenvalue weighted by Gasteiger charge is -2.39. The lowest BCUT2D eigenvalue weighted by atomic mass is 9.84. The Bertz CT molecular complexity index is 486. The van der Waals surface area contributed by atoms with Crippen molar-refractivity contribution < 1.29 is 9.53 Å². The monoisotopic (exact) mass is 263 g/mol. The molecule has 0 amide bonds. The molecule has 1 aromatic rings. The number of hydrogen-bond donors (Lipinski definition) is 1. The van der Waals surface area contributed by atoms with Gasteiger partial charge in [0.2, 0.25) is 0 Å². The molecule has 1 aromatic heterocycles. The minimum absolute atomic E-state index is 0.231. The zero-order valence-corrected chi connectivity index (χ0v) is 11.8. The molecule has 0 aromatic carbocycles. The van der Waals surface area contributed by atoms with Crippen LogP contribution in [-0.4, -0.2) is 31.2 Å². The van der Waals surface area contributed by atoms with Crippen LogP contribution in [0.2, 0.25) is 0 Å². The average molecular weight is 263 g/mol. The molecule has 0 radical (unpaired) electrons. The van der Waals surface area contributed by atoms with E-state index in [0.717, 1.165) is 19.5 Å². The maximum Gasteiger partial charge on any atom is 0.341 e. The number of piperidine rings is 1. The fourth-order valence-corrected chi connectivity index (χ4v) is 2.59. The highest BCUT2D eigenvalue weighted by molar-refractivity contribution is 5.95. The normalized spacial score (nSPS) is 18.2. The van der Waals surface area contributed by atoms with E-state index in [1.165, 1.54) is 13.5 Å². The fourth-order valence-electron chi connectivity index (χ4n) is 2.59. The Morgan fingerprint density at radius 2 is 2.26 bits per heavy atom. The molecule has 5 heteroatoms. The SMILES string of the molecule is COC(=O)c1cc(N)cnc1N1CCCC(C)(C)C1. The van der Waals surface area contributed by atoms with Gasteiger partial charge in [0.25, 0.3) is 0 Å². The molecule has 0 aliphatic carbocycles. The fraction of sp³-hybridized carbons (Fsp3) is 0.571. The first-order valence-electron chi connectivity index (χ1n) is 6.52. The third-order valence-electron chi connectivity index (χ3n) is 3.49. The molecule has 0 atom stereocenters. The average Bonchev–Trinajstić information content (AvgIpc) is 2.36. The Morgan fingerprint density at radius 1 is 1.53 bits per heavy atom. The Morgan fingerprint density at radius 3 is 2.89 bits per heavy atom. The van der Waals surface area contributed by atoms with Crippen LogP contribution in [0.3, 0.4) is 0 Å². The van der Waals surface area contributed by atoms with Crippen LogP contribution in [0.5, 0.6) is 0 Å². The van der Waals surface area contributed by atoms with E-state index >= 15 is 0 Å². The highest BCUT2D eigenvalue weighted by Crippen LogP contribution is 2.32. The molecule has 2 rings (SSSR count). The third kappa shape index (κ3) is 2.97. The van der Waals surface area contributed by atoms with Gasteiger partial charge in [0.1, 0.15) is 11.4 Å². The van der Waals surface area contributed by atoms with E-state index in [4.69, 9.17) is 10.5 Å². The van der Waals surface area contributed by atoms with E-state index in [2.05, 4.69) is 23.7 Å². The van der Waals surface area contributed by atoms with Gasteiger partial charge in [-0.1, -0.05) is 13.8 Å². The van der Waals surface area contributed by atoms with Crippen LogP contribution < -0.4 is 10.6 Å². The summed E-state index contributed by atoms with van der Waals surface area (Å²) in [5.41, 5.74) is 6.86. The predicted octanol–water partition coefficient (Wildman–Crippen LogP) is 2.08. The van der Waals surface area contributed by atoms with Gasteiger partial charge in [-0.05, 0) is 24.3 Å². The Balaban J connectivity index is 2.36. The molecule has 2 N–H and O–H groups in total. The molecular formula is C14H21N3O2. The molecule has 1 saturated heterocycles. The smallest absolute Gasteiger partial charge is 0.341 e. The van der Waals surface area contributed by atoms with Crippen molar-refractivity contribution in [3.8, 4) is 0 Å². The molecule has 19 heavy (non-hydrogen) atoms. The summed E-state index contributed by atoms with van der Waals surface area (Å²) in [6.45, 7) is 6.25. The predicted molar refractivity (Wildman–Crippen MR) is 75.2 cm³/mol. The molecule has 104 valence electrons. The maximum atomic E-state index is 11.8. The lowest BCUT2D eigenvalue weighted by Crippen LogP contribution is -2.41. The number of esters is 1. The van der Waals surface area contributed by atoms with Crippen LogP contribution in [0.25, 0.3) is 0 Å². The van der Waals surface area contributed by atoms with Crippen molar-refractivity contribution in [3.63, 3.8) is 0 Å². The summed E-state index contributed by atoms with van der Waals surface area (Å²) in [5, 5.41) is 0. The number of pyridine rings is 1. The van der Waals surface area contributed by atoms with Crippen molar-refractivity contribution in [2.75, 3.05) is 30.8 Å². The first kappa shape index (κ1) is 13.6. The van der Waals surface area contributed by atoms with E-state index < -0.39 is 5.97 Å². The molecule has 2 heterocycles. The number of nitrogen functional groups attached to an aromatic ring is 1. The molecule has 1 aliphatic heterocycles. The van der Waals surface area contributed by atoms with Crippen LogP contribution in [0.4, 0.5) is 11.5 Å². The summed E-state index contributed by atoms with van der Waals surface area (Å²) in [6.07, 6.45) is 3.87. The number of carbonyl (C=O) groups is 1. The topological polar surface area (TPSA) is 68.5 Å². The summed E-state index contributed by atoms with van der Waals surface area (Å²) in [4.78, 5) is 18.3. The van der Waals surface area contributed by atoms with Gasteiger partial charge in [0.15, 0.2) is 0 Å². The second-order valence-corrected chi connectivity index (χ2v) is 5.82. The number of nitrogens with two attached hydrogens (primary N) is 1. The largest absolute Gasteiger partial charge is 0.465 e. The van der Waals surface area contributed by atoms with Crippen LogP contribution in [0.15, 0.2) is 12.3 Å². The van der Waals surface area contributed by atoms with Crippen molar-refractivity contribution in [1.29, 1.82) is 0 Å². The standard InChI is InChI=1S/C14H21N3O2/c1-14(2)5-4-6-17(9-14)12-11(13(18)19-3)7-10(15)8-16-12/h7-8H,4-6,9,15H2,1-3H3. The van der Waals surface area contributed by atoms with Crippen LogP contribution in [0, 0.1) is 5.41 Å². The summed E-state index contributed by atoms with van der Waals surface area (Å²) < 4.78 is 4.81. The molecule has 0 bridgehead atoms. The van der Waals surface area contributed by atoms with E-state index in [1.54, 1.807) is 12.3 Å². The van der Waals surface area contributed by atoms with Gasteiger partial charge < -0.3 is 15.4 Å². The van der Waals surface area contributed by atoms with Gasteiger partial charge in [0.05, 0.1) is 19.0 Å². The number of methoxy groups -OCH3 is 1. The number of carbonyl (C=O) groups excluding carboxylic acids is 1. The van der Waals surface area contributed by atoms with Gasteiger partial charge in [0, 0.05) is 13.1 Å². The highest BCUT2D eigenvalue weighted by Gasteiger charge is 2.29. The van der Waals surface area contributed by atoms with Gasteiger partial charge in [-0.25, -0.2) is 9.78 Å². The zero-order valence-electron chi connectivity index (χ0n) is 11.8. The molecule has 1 aliphatic rings.